The second-order valence-corrected chi connectivity index (χ2v) is 2.56. The SMILES string of the molecule is [N-]=[N+]=C(C(=O)O)C(=O)c1ccccc1F. The molecule has 5 nitrogen and oxygen atoms in total. The average Bonchev–Trinajstić information content (AvgIpc) is 2.18. The number of carboxylic acids is 1. The van der Waals surface area contributed by atoms with Gasteiger partial charge in [0.25, 0.3) is 5.78 Å². The molecule has 0 unspecified atom stereocenters. The lowest BCUT2D eigenvalue weighted by molar-refractivity contribution is -0.133. The van der Waals surface area contributed by atoms with Crippen molar-refractivity contribution in [1.82, 2.24) is 0 Å². The van der Waals surface area contributed by atoms with E-state index in [0.29, 0.717) is 0 Å². The number of Topliss-reactive ketones (excluding diaryl/α,β-unsaturated/α-hetero) is 1. The van der Waals surface area contributed by atoms with Gasteiger partial charge in [0.2, 0.25) is 0 Å². The molecule has 0 spiro atoms. The molecule has 0 bridgehead atoms. The van der Waals surface area contributed by atoms with Crippen molar-refractivity contribution in [3.8, 4) is 0 Å². The number of halogens is 1. The van der Waals surface area contributed by atoms with Gasteiger partial charge in [0.15, 0.2) is 0 Å². The Morgan fingerprint density at radius 2 is 1.93 bits per heavy atom. The molecular formula is C9H5FN2O3. The number of rotatable bonds is 3. The minimum absolute atomic E-state index is 0.451. The zero-order valence-corrected chi connectivity index (χ0v) is 7.35. The van der Waals surface area contributed by atoms with Crippen molar-refractivity contribution in [3.05, 3.63) is 41.2 Å². The number of hydrogen-bond acceptors (Lipinski definition) is 2. The molecule has 0 aromatic heterocycles. The van der Waals surface area contributed by atoms with Crippen molar-refractivity contribution in [2.75, 3.05) is 0 Å². The highest BCUT2D eigenvalue weighted by Gasteiger charge is 2.31. The highest BCUT2D eigenvalue weighted by atomic mass is 19.1. The van der Waals surface area contributed by atoms with Crippen LogP contribution in [-0.4, -0.2) is 27.4 Å². The topological polar surface area (TPSA) is 90.8 Å². The van der Waals surface area contributed by atoms with E-state index in [1.54, 1.807) is 0 Å². The van der Waals surface area contributed by atoms with E-state index in [4.69, 9.17) is 10.6 Å². The Kier molecular flexibility index (Phi) is 3.05. The predicted octanol–water partition coefficient (Wildman–Crippen LogP) is 0.764. The van der Waals surface area contributed by atoms with Crippen molar-refractivity contribution < 1.29 is 23.9 Å². The van der Waals surface area contributed by atoms with Gasteiger partial charge in [-0.15, -0.1) is 0 Å². The van der Waals surface area contributed by atoms with E-state index in [1.807, 2.05) is 0 Å². The molecule has 1 aromatic carbocycles. The lowest BCUT2D eigenvalue weighted by atomic mass is 10.1. The van der Waals surface area contributed by atoms with Crippen LogP contribution in [0, 0.1) is 5.82 Å². The fraction of sp³-hybridized carbons (Fsp3) is 0. The smallest absolute Gasteiger partial charge is 0.446 e. The van der Waals surface area contributed by atoms with Crippen LogP contribution in [-0.2, 0) is 4.79 Å². The number of aliphatic carboxylic acids is 1. The van der Waals surface area contributed by atoms with Crippen LogP contribution >= 0.6 is 0 Å². The Bertz CT molecular complexity index is 478. The van der Waals surface area contributed by atoms with Gasteiger partial charge in [-0.25, -0.2) is 9.18 Å². The highest BCUT2D eigenvalue weighted by Crippen LogP contribution is 2.07. The molecule has 0 heterocycles. The summed E-state index contributed by atoms with van der Waals surface area (Å²) in [5.74, 6) is -3.77. The van der Waals surface area contributed by atoms with Gasteiger partial charge in [0.1, 0.15) is 5.82 Å². The minimum atomic E-state index is -1.72. The molecule has 0 amide bonds. The number of carbonyl (C=O) groups excluding carboxylic acids is 1. The van der Waals surface area contributed by atoms with Crippen molar-refractivity contribution in [2.45, 2.75) is 0 Å². The van der Waals surface area contributed by atoms with Crippen LogP contribution in [0.5, 0.6) is 0 Å². The van der Waals surface area contributed by atoms with Crippen LogP contribution in [0.4, 0.5) is 4.39 Å². The number of carboxylic acid groups (broad SMARTS) is 1. The van der Waals surface area contributed by atoms with Crippen LogP contribution in [0.15, 0.2) is 24.3 Å². The molecule has 0 fully saturated rings. The largest absolute Gasteiger partial charge is 0.472 e. The molecule has 0 aliphatic rings. The van der Waals surface area contributed by atoms with E-state index in [2.05, 4.69) is 4.79 Å². The molecular weight excluding hydrogens is 203 g/mol. The third-order valence-electron chi connectivity index (χ3n) is 1.64. The predicted molar refractivity (Wildman–Crippen MR) is 47.0 cm³/mol. The summed E-state index contributed by atoms with van der Waals surface area (Å²) < 4.78 is 13.0. The summed E-state index contributed by atoms with van der Waals surface area (Å²) in [5, 5.41) is 8.46. The molecule has 0 aliphatic carbocycles. The van der Waals surface area contributed by atoms with Gasteiger partial charge in [0, 0.05) is 0 Å². The Balaban J connectivity index is 3.22. The highest BCUT2D eigenvalue weighted by molar-refractivity contribution is 6.65. The van der Waals surface area contributed by atoms with Gasteiger partial charge in [-0.3, -0.25) is 4.79 Å². The van der Waals surface area contributed by atoms with E-state index in [-0.39, 0.29) is 0 Å². The molecule has 0 saturated carbocycles. The molecule has 0 atom stereocenters. The molecule has 1 rings (SSSR count). The summed E-state index contributed by atoms with van der Waals surface area (Å²) in [7, 11) is 0. The fourth-order valence-corrected chi connectivity index (χ4v) is 0.958. The zero-order valence-electron chi connectivity index (χ0n) is 7.35. The first-order valence-corrected chi connectivity index (χ1v) is 3.82. The average molecular weight is 208 g/mol. The van der Waals surface area contributed by atoms with Gasteiger partial charge < -0.3 is 10.6 Å². The number of hydrogen-bond donors (Lipinski definition) is 1. The molecule has 76 valence electrons. The number of benzene rings is 1. The maximum absolute atomic E-state index is 13.0. The van der Waals surface area contributed by atoms with E-state index in [0.717, 1.165) is 12.1 Å². The van der Waals surface area contributed by atoms with Crippen molar-refractivity contribution in [1.29, 1.82) is 0 Å². The Labute approximate surface area is 83.4 Å². The van der Waals surface area contributed by atoms with Gasteiger partial charge in [-0.1, -0.05) is 12.1 Å². The molecule has 15 heavy (non-hydrogen) atoms. The molecule has 0 radical (unpaired) electrons. The summed E-state index contributed by atoms with van der Waals surface area (Å²) >= 11 is 0. The summed E-state index contributed by atoms with van der Waals surface area (Å²) in [6.07, 6.45) is 0. The van der Waals surface area contributed by atoms with Gasteiger partial charge >= 0.3 is 11.7 Å². The van der Waals surface area contributed by atoms with Gasteiger partial charge in [0.05, 0.1) is 5.56 Å². The van der Waals surface area contributed by atoms with Gasteiger partial charge in [-0.2, -0.15) is 4.79 Å². The minimum Gasteiger partial charge on any atom is -0.472 e. The maximum Gasteiger partial charge on any atom is 0.446 e. The van der Waals surface area contributed by atoms with E-state index >= 15 is 0 Å². The first-order valence-electron chi connectivity index (χ1n) is 3.82. The quantitative estimate of drug-likeness (QED) is 0.261. The maximum atomic E-state index is 13.0. The molecule has 0 aliphatic heterocycles. The monoisotopic (exact) mass is 208 g/mol. The Morgan fingerprint density at radius 3 is 2.40 bits per heavy atom. The number of carbonyl (C=O) groups is 2. The van der Waals surface area contributed by atoms with Gasteiger partial charge in [-0.05, 0) is 12.1 Å². The first-order chi connectivity index (χ1) is 7.07. The van der Waals surface area contributed by atoms with Crippen molar-refractivity contribution in [3.63, 3.8) is 0 Å². The van der Waals surface area contributed by atoms with E-state index < -0.39 is 28.8 Å². The molecule has 6 heteroatoms. The lowest BCUT2D eigenvalue weighted by Crippen LogP contribution is -2.25. The molecule has 1 aromatic rings. The van der Waals surface area contributed by atoms with Crippen LogP contribution < -0.4 is 0 Å². The summed E-state index contributed by atoms with van der Waals surface area (Å²) in [5.41, 5.74) is 6.71. The third-order valence-corrected chi connectivity index (χ3v) is 1.64. The Morgan fingerprint density at radius 1 is 1.33 bits per heavy atom. The Hall–Kier alpha value is -2.33. The summed E-state index contributed by atoms with van der Waals surface area (Å²) in [6.45, 7) is 0. The number of nitrogens with zero attached hydrogens (tertiary/aromatic N) is 2. The van der Waals surface area contributed by atoms with Crippen LogP contribution in [0.1, 0.15) is 10.4 Å². The first kappa shape index (κ1) is 10.7. The fourth-order valence-electron chi connectivity index (χ4n) is 0.958. The summed E-state index contributed by atoms with van der Waals surface area (Å²) in [4.78, 5) is 24.1. The van der Waals surface area contributed by atoms with Crippen LogP contribution in [0.25, 0.3) is 5.53 Å². The molecule has 0 saturated heterocycles. The molecule has 1 N–H and O–H groups in total. The van der Waals surface area contributed by atoms with E-state index in [1.165, 1.54) is 12.1 Å². The third kappa shape index (κ3) is 2.12. The second kappa shape index (κ2) is 4.26. The second-order valence-electron chi connectivity index (χ2n) is 2.56. The standard InChI is InChI=1S/C9H5FN2O3/c10-6-4-2-1-3-5(6)8(13)7(12-11)9(14)15/h1-4H,(H,14,15). The normalized spacial score (nSPS) is 9.13. The zero-order chi connectivity index (χ0) is 11.4. The van der Waals surface area contributed by atoms with Crippen LogP contribution in [0.2, 0.25) is 0 Å². The summed E-state index contributed by atoms with van der Waals surface area (Å²) in [6, 6.07) is 4.83. The van der Waals surface area contributed by atoms with E-state index in [9.17, 15) is 14.0 Å². The lowest BCUT2D eigenvalue weighted by Gasteiger charge is -1.95. The van der Waals surface area contributed by atoms with Crippen LogP contribution in [0.3, 0.4) is 0 Å². The van der Waals surface area contributed by atoms with Crippen molar-refractivity contribution >= 4 is 17.5 Å². The van der Waals surface area contributed by atoms with Crippen molar-refractivity contribution in [2.24, 2.45) is 0 Å². The number of ketones is 1.